The monoisotopic (exact) mass is 443 g/mol. The normalized spacial score (nSPS) is 21.3. The SMILES string of the molecule is CCCC(CC)N(C(=O)C1CCC(C)CC1)c1cc(Br)sc1C(=O)OC. The lowest BCUT2D eigenvalue weighted by molar-refractivity contribution is -0.124. The molecule has 1 aromatic rings. The molecule has 1 saturated carbocycles. The van der Waals surface area contributed by atoms with Crippen LogP contribution in [0.5, 0.6) is 0 Å². The average Bonchev–Trinajstić information content (AvgIpc) is 3.02. The largest absolute Gasteiger partial charge is 0.465 e. The molecule has 0 N–H and O–H groups in total. The third kappa shape index (κ3) is 4.89. The standard InChI is InChI=1S/C20H30BrNO3S/c1-5-7-15(6-2)22(19(23)14-10-8-13(3)9-11-14)16-12-17(21)26-18(16)20(24)25-4/h12-15H,5-11H2,1-4H3. The number of carbonyl (C=O) groups excluding carboxylic acids is 2. The maximum Gasteiger partial charge on any atom is 0.350 e. The summed E-state index contributed by atoms with van der Waals surface area (Å²) in [5, 5.41) is 0. The molecule has 0 radical (unpaired) electrons. The Bertz CT molecular complexity index is 623. The fourth-order valence-corrected chi connectivity index (χ4v) is 5.31. The van der Waals surface area contributed by atoms with Crippen molar-refractivity contribution in [3.8, 4) is 0 Å². The first-order chi connectivity index (χ1) is 12.4. The first-order valence-electron chi connectivity index (χ1n) is 9.63. The van der Waals surface area contributed by atoms with Gasteiger partial charge < -0.3 is 9.64 Å². The molecule has 2 rings (SSSR count). The minimum absolute atomic E-state index is 0.0567. The van der Waals surface area contributed by atoms with E-state index in [1.807, 2.05) is 11.0 Å². The van der Waals surface area contributed by atoms with E-state index >= 15 is 0 Å². The lowest BCUT2D eigenvalue weighted by atomic mass is 9.82. The van der Waals surface area contributed by atoms with Crippen molar-refractivity contribution in [1.82, 2.24) is 0 Å². The number of esters is 1. The fraction of sp³-hybridized carbons (Fsp3) is 0.700. The topological polar surface area (TPSA) is 46.6 Å². The molecule has 1 heterocycles. The summed E-state index contributed by atoms with van der Waals surface area (Å²) in [5.74, 6) is 0.553. The van der Waals surface area contributed by atoms with Gasteiger partial charge in [0.1, 0.15) is 4.88 Å². The Hall–Kier alpha value is -0.880. The number of nitrogens with zero attached hydrogens (tertiary/aromatic N) is 1. The van der Waals surface area contributed by atoms with E-state index in [4.69, 9.17) is 4.74 Å². The molecular formula is C20H30BrNO3S. The van der Waals surface area contributed by atoms with Gasteiger partial charge in [-0.1, -0.05) is 27.2 Å². The van der Waals surface area contributed by atoms with Crippen LogP contribution in [-0.2, 0) is 9.53 Å². The highest BCUT2D eigenvalue weighted by Crippen LogP contribution is 2.39. The molecule has 1 aliphatic carbocycles. The van der Waals surface area contributed by atoms with Crippen molar-refractivity contribution in [1.29, 1.82) is 0 Å². The predicted molar refractivity (Wildman–Crippen MR) is 111 cm³/mol. The molecule has 1 aromatic heterocycles. The van der Waals surface area contributed by atoms with Gasteiger partial charge in [0.25, 0.3) is 0 Å². The fourth-order valence-electron chi connectivity index (χ4n) is 3.82. The number of methoxy groups -OCH3 is 1. The second-order valence-electron chi connectivity index (χ2n) is 7.27. The van der Waals surface area contributed by atoms with Gasteiger partial charge in [-0.15, -0.1) is 11.3 Å². The van der Waals surface area contributed by atoms with Gasteiger partial charge >= 0.3 is 5.97 Å². The first kappa shape index (κ1) is 21.4. The van der Waals surface area contributed by atoms with Gasteiger partial charge in [-0.05, 0) is 66.4 Å². The van der Waals surface area contributed by atoms with E-state index in [0.29, 0.717) is 16.5 Å². The number of hydrogen-bond acceptors (Lipinski definition) is 4. The Labute approximate surface area is 169 Å². The smallest absolute Gasteiger partial charge is 0.350 e. The molecule has 6 heteroatoms. The summed E-state index contributed by atoms with van der Waals surface area (Å²) in [6.45, 7) is 6.51. The number of carbonyl (C=O) groups is 2. The summed E-state index contributed by atoms with van der Waals surface area (Å²) in [6, 6.07) is 2.01. The van der Waals surface area contributed by atoms with Crippen molar-refractivity contribution in [2.75, 3.05) is 12.0 Å². The van der Waals surface area contributed by atoms with E-state index in [1.165, 1.54) is 18.4 Å². The molecule has 0 saturated heterocycles. The Morgan fingerprint density at radius 2 is 1.96 bits per heavy atom. The van der Waals surface area contributed by atoms with Crippen molar-refractivity contribution in [3.63, 3.8) is 0 Å². The summed E-state index contributed by atoms with van der Waals surface area (Å²) in [5.41, 5.74) is 0.706. The van der Waals surface area contributed by atoms with Gasteiger partial charge in [-0.25, -0.2) is 4.79 Å². The van der Waals surface area contributed by atoms with Gasteiger partial charge in [0.2, 0.25) is 5.91 Å². The number of hydrogen-bond donors (Lipinski definition) is 0. The number of rotatable bonds is 7. The van der Waals surface area contributed by atoms with Crippen molar-refractivity contribution >= 4 is 44.8 Å². The van der Waals surface area contributed by atoms with E-state index in [0.717, 1.165) is 48.7 Å². The highest BCUT2D eigenvalue weighted by molar-refractivity contribution is 9.11. The number of amides is 1. The predicted octanol–water partition coefficient (Wildman–Crippen LogP) is 6.04. The minimum Gasteiger partial charge on any atom is -0.465 e. The van der Waals surface area contributed by atoms with Gasteiger partial charge in [0.05, 0.1) is 16.6 Å². The summed E-state index contributed by atoms with van der Waals surface area (Å²) >= 11 is 4.82. The van der Waals surface area contributed by atoms with Crippen LogP contribution >= 0.6 is 27.3 Å². The molecule has 0 aromatic carbocycles. The molecule has 1 amide bonds. The van der Waals surface area contributed by atoms with Crippen LogP contribution in [0.1, 0.15) is 75.4 Å². The molecule has 1 fully saturated rings. The van der Waals surface area contributed by atoms with Crippen LogP contribution in [0.2, 0.25) is 0 Å². The third-order valence-electron chi connectivity index (χ3n) is 5.37. The summed E-state index contributed by atoms with van der Waals surface area (Å²) in [7, 11) is 1.39. The van der Waals surface area contributed by atoms with E-state index in [-0.39, 0.29) is 23.8 Å². The Morgan fingerprint density at radius 3 is 2.50 bits per heavy atom. The number of halogens is 1. The zero-order chi connectivity index (χ0) is 19.3. The van der Waals surface area contributed by atoms with Crippen molar-refractivity contribution in [3.05, 3.63) is 14.7 Å². The lowest BCUT2D eigenvalue weighted by Crippen LogP contribution is -2.45. The molecule has 1 unspecified atom stereocenters. The molecule has 146 valence electrons. The molecular weight excluding hydrogens is 414 g/mol. The van der Waals surface area contributed by atoms with Crippen LogP contribution in [0.25, 0.3) is 0 Å². The van der Waals surface area contributed by atoms with Gasteiger partial charge in [-0.2, -0.15) is 0 Å². The third-order valence-corrected chi connectivity index (χ3v) is 6.98. The van der Waals surface area contributed by atoms with Crippen LogP contribution in [0.15, 0.2) is 9.85 Å². The number of thiophene rings is 1. The van der Waals surface area contributed by atoms with E-state index < -0.39 is 0 Å². The molecule has 0 spiro atoms. The molecule has 26 heavy (non-hydrogen) atoms. The van der Waals surface area contributed by atoms with E-state index in [2.05, 4.69) is 36.7 Å². The minimum atomic E-state index is -0.378. The first-order valence-corrected chi connectivity index (χ1v) is 11.2. The molecule has 4 nitrogen and oxygen atoms in total. The second-order valence-corrected chi connectivity index (χ2v) is 9.70. The molecule has 1 atom stereocenters. The summed E-state index contributed by atoms with van der Waals surface area (Å²) in [6.07, 6.45) is 6.90. The van der Waals surface area contributed by atoms with Gasteiger partial charge in [0.15, 0.2) is 0 Å². The zero-order valence-corrected chi connectivity index (χ0v) is 18.6. The number of ether oxygens (including phenoxy) is 1. The van der Waals surface area contributed by atoms with Crippen LogP contribution in [0.4, 0.5) is 5.69 Å². The number of anilines is 1. The van der Waals surface area contributed by atoms with Crippen LogP contribution < -0.4 is 4.90 Å². The van der Waals surface area contributed by atoms with Crippen LogP contribution in [0, 0.1) is 11.8 Å². The Balaban J connectivity index is 2.41. The maximum atomic E-state index is 13.5. The van der Waals surface area contributed by atoms with Gasteiger partial charge in [-0.3, -0.25) is 4.79 Å². The lowest BCUT2D eigenvalue weighted by Gasteiger charge is -2.36. The quantitative estimate of drug-likeness (QED) is 0.482. The molecule has 0 aliphatic heterocycles. The second kappa shape index (κ2) is 9.88. The maximum absolute atomic E-state index is 13.5. The van der Waals surface area contributed by atoms with Crippen molar-refractivity contribution < 1.29 is 14.3 Å². The highest BCUT2D eigenvalue weighted by atomic mass is 79.9. The van der Waals surface area contributed by atoms with Gasteiger partial charge in [0, 0.05) is 12.0 Å². The highest BCUT2D eigenvalue weighted by Gasteiger charge is 2.35. The Kier molecular flexibility index (Phi) is 8.14. The van der Waals surface area contributed by atoms with Crippen molar-refractivity contribution in [2.45, 2.75) is 71.8 Å². The molecule has 1 aliphatic rings. The van der Waals surface area contributed by atoms with E-state index in [1.54, 1.807) is 0 Å². The molecule has 0 bridgehead atoms. The summed E-state index contributed by atoms with van der Waals surface area (Å²) < 4.78 is 5.81. The van der Waals surface area contributed by atoms with E-state index in [9.17, 15) is 9.59 Å². The zero-order valence-electron chi connectivity index (χ0n) is 16.2. The Morgan fingerprint density at radius 1 is 1.31 bits per heavy atom. The van der Waals surface area contributed by atoms with Crippen molar-refractivity contribution in [2.24, 2.45) is 11.8 Å². The summed E-state index contributed by atoms with van der Waals surface area (Å²) in [4.78, 5) is 28.2. The average molecular weight is 444 g/mol. The van der Waals surface area contributed by atoms with Crippen LogP contribution in [0.3, 0.4) is 0 Å². The van der Waals surface area contributed by atoms with Crippen LogP contribution in [-0.4, -0.2) is 25.0 Å².